The minimum atomic E-state index is -0.0440. The summed E-state index contributed by atoms with van der Waals surface area (Å²) in [7, 11) is 0. The molecule has 5 heteroatoms. The summed E-state index contributed by atoms with van der Waals surface area (Å²) < 4.78 is 17.2. The van der Waals surface area contributed by atoms with Crippen LogP contribution in [0, 0.1) is 13.8 Å². The van der Waals surface area contributed by atoms with Crippen LogP contribution in [-0.4, -0.2) is 30.6 Å². The van der Waals surface area contributed by atoms with E-state index in [0.717, 1.165) is 47.8 Å². The topological polar surface area (TPSA) is 51.9 Å². The van der Waals surface area contributed by atoms with Gasteiger partial charge in [0.05, 0.1) is 6.04 Å². The van der Waals surface area contributed by atoms with Crippen LogP contribution >= 0.6 is 0 Å². The standard InChI is InChI=1S/C19H21NO4/c1-12-11-13(2)24-17(12)19(21)20-8-4-6-15(20)14-5-3-7-16-18(14)23-10-9-22-16/h3,5,7,11,15H,4,6,8-10H2,1-2H3. The van der Waals surface area contributed by atoms with E-state index in [0.29, 0.717) is 19.0 Å². The van der Waals surface area contributed by atoms with Crippen molar-refractivity contribution in [3.63, 3.8) is 0 Å². The molecular formula is C19H21NO4. The lowest BCUT2D eigenvalue weighted by atomic mass is 10.0. The van der Waals surface area contributed by atoms with Crippen molar-refractivity contribution in [3.8, 4) is 11.5 Å². The van der Waals surface area contributed by atoms with Crippen LogP contribution in [-0.2, 0) is 0 Å². The lowest BCUT2D eigenvalue weighted by Crippen LogP contribution is -2.31. The highest BCUT2D eigenvalue weighted by Crippen LogP contribution is 2.43. The summed E-state index contributed by atoms with van der Waals surface area (Å²) in [6.45, 7) is 5.61. The number of amides is 1. The summed E-state index contributed by atoms with van der Waals surface area (Å²) in [4.78, 5) is 14.9. The molecule has 0 radical (unpaired) electrons. The molecule has 0 N–H and O–H groups in total. The monoisotopic (exact) mass is 327 g/mol. The van der Waals surface area contributed by atoms with Gasteiger partial charge in [0.1, 0.15) is 19.0 Å². The fraction of sp³-hybridized carbons (Fsp3) is 0.421. The smallest absolute Gasteiger partial charge is 0.290 e. The van der Waals surface area contributed by atoms with Gasteiger partial charge in [0, 0.05) is 17.7 Å². The van der Waals surface area contributed by atoms with Crippen molar-refractivity contribution in [2.75, 3.05) is 19.8 Å². The predicted molar refractivity (Wildman–Crippen MR) is 88.6 cm³/mol. The van der Waals surface area contributed by atoms with E-state index in [-0.39, 0.29) is 11.9 Å². The number of rotatable bonds is 2. The number of fused-ring (bicyclic) bond motifs is 1. The zero-order chi connectivity index (χ0) is 16.7. The van der Waals surface area contributed by atoms with Crippen molar-refractivity contribution in [2.45, 2.75) is 32.7 Å². The van der Waals surface area contributed by atoms with Crippen molar-refractivity contribution >= 4 is 5.91 Å². The van der Waals surface area contributed by atoms with Crippen LogP contribution < -0.4 is 9.47 Å². The zero-order valence-corrected chi connectivity index (χ0v) is 14.0. The molecule has 1 saturated heterocycles. The van der Waals surface area contributed by atoms with E-state index in [9.17, 15) is 4.79 Å². The predicted octanol–water partition coefficient (Wildman–Crippen LogP) is 3.64. The van der Waals surface area contributed by atoms with E-state index < -0.39 is 0 Å². The third kappa shape index (κ3) is 2.44. The Labute approximate surface area is 141 Å². The van der Waals surface area contributed by atoms with Gasteiger partial charge in [-0.25, -0.2) is 0 Å². The number of ether oxygens (including phenoxy) is 2. The Balaban J connectivity index is 1.69. The molecule has 0 spiro atoms. The molecule has 1 amide bonds. The maximum absolute atomic E-state index is 13.0. The Kier molecular flexibility index (Phi) is 3.71. The first-order valence-corrected chi connectivity index (χ1v) is 8.41. The third-order valence-corrected chi connectivity index (χ3v) is 4.70. The second-order valence-corrected chi connectivity index (χ2v) is 6.40. The number of carbonyl (C=O) groups is 1. The first-order chi connectivity index (χ1) is 11.6. The maximum Gasteiger partial charge on any atom is 0.290 e. The molecule has 0 aliphatic carbocycles. The van der Waals surface area contributed by atoms with E-state index >= 15 is 0 Å². The van der Waals surface area contributed by atoms with Gasteiger partial charge in [-0.2, -0.15) is 0 Å². The molecule has 126 valence electrons. The van der Waals surface area contributed by atoms with Crippen LogP contribution in [0.1, 0.15) is 46.3 Å². The van der Waals surface area contributed by atoms with Gasteiger partial charge in [0.25, 0.3) is 5.91 Å². The first-order valence-electron chi connectivity index (χ1n) is 8.41. The summed E-state index contributed by atoms with van der Waals surface area (Å²) in [5.74, 6) is 2.71. The van der Waals surface area contributed by atoms with Gasteiger partial charge in [-0.15, -0.1) is 0 Å². The normalized spacial score (nSPS) is 19.6. The second-order valence-electron chi connectivity index (χ2n) is 6.40. The van der Waals surface area contributed by atoms with Gasteiger partial charge in [0.15, 0.2) is 17.3 Å². The lowest BCUT2D eigenvalue weighted by Gasteiger charge is -2.28. The molecule has 24 heavy (non-hydrogen) atoms. The zero-order valence-electron chi connectivity index (χ0n) is 14.0. The van der Waals surface area contributed by atoms with Crippen LogP contribution in [0.5, 0.6) is 11.5 Å². The molecule has 0 bridgehead atoms. The Hall–Kier alpha value is -2.43. The van der Waals surface area contributed by atoms with Crippen molar-refractivity contribution < 1.29 is 18.7 Å². The van der Waals surface area contributed by atoms with Gasteiger partial charge in [-0.05, 0) is 38.8 Å². The number of para-hydroxylation sites is 1. The highest BCUT2D eigenvalue weighted by Gasteiger charge is 2.35. The SMILES string of the molecule is Cc1cc(C)c(C(=O)N2CCCC2c2cccc3c2OCCO3)o1. The maximum atomic E-state index is 13.0. The van der Waals surface area contributed by atoms with E-state index in [2.05, 4.69) is 0 Å². The largest absolute Gasteiger partial charge is 0.486 e. The highest BCUT2D eigenvalue weighted by molar-refractivity contribution is 5.93. The number of benzene rings is 1. The molecule has 0 saturated carbocycles. The molecule has 4 rings (SSSR count). The highest BCUT2D eigenvalue weighted by atomic mass is 16.6. The second kappa shape index (κ2) is 5.89. The quantitative estimate of drug-likeness (QED) is 0.845. The van der Waals surface area contributed by atoms with Gasteiger partial charge in [-0.3, -0.25) is 4.79 Å². The van der Waals surface area contributed by atoms with Crippen molar-refractivity contribution in [2.24, 2.45) is 0 Å². The summed E-state index contributed by atoms with van der Waals surface area (Å²) >= 11 is 0. The molecule has 2 aliphatic heterocycles. The van der Waals surface area contributed by atoms with Gasteiger partial charge in [0.2, 0.25) is 0 Å². The molecule has 1 aromatic heterocycles. The molecule has 2 aromatic rings. The van der Waals surface area contributed by atoms with Crippen molar-refractivity contribution in [1.29, 1.82) is 0 Å². The Bertz CT molecular complexity index is 780. The van der Waals surface area contributed by atoms with Crippen LogP contribution in [0.15, 0.2) is 28.7 Å². The van der Waals surface area contributed by atoms with Gasteiger partial charge >= 0.3 is 0 Å². The minimum absolute atomic E-state index is 0.000967. The number of hydrogen-bond acceptors (Lipinski definition) is 4. The minimum Gasteiger partial charge on any atom is -0.486 e. The van der Waals surface area contributed by atoms with Crippen LogP contribution in [0.3, 0.4) is 0 Å². The fourth-order valence-corrected chi connectivity index (χ4v) is 3.68. The Morgan fingerprint density at radius 2 is 2.04 bits per heavy atom. The van der Waals surface area contributed by atoms with Gasteiger partial charge < -0.3 is 18.8 Å². The van der Waals surface area contributed by atoms with Crippen molar-refractivity contribution in [3.05, 3.63) is 46.9 Å². The molecule has 1 atom stereocenters. The lowest BCUT2D eigenvalue weighted by molar-refractivity contribution is 0.0696. The van der Waals surface area contributed by atoms with E-state index in [1.807, 2.05) is 43.0 Å². The fourth-order valence-electron chi connectivity index (χ4n) is 3.68. The number of likely N-dealkylation sites (tertiary alicyclic amines) is 1. The summed E-state index contributed by atoms with van der Waals surface area (Å²) in [6.07, 6.45) is 1.89. The molecule has 1 unspecified atom stereocenters. The Morgan fingerprint density at radius 3 is 2.83 bits per heavy atom. The number of aryl methyl sites for hydroxylation is 2. The third-order valence-electron chi connectivity index (χ3n) is 4.70. The van der Waals surface area contributed by atoms with Gasteiger partial charge in [-0.1, -0.05) is 12.1 Å². The van der Waals surface area contributed by atoms with E-state index in [1.165, 1.54) is 0 Å². The van der Waals surface area contributed by atoms with E-state index in [1.54, 1.807) is 0 Å². The Morgan fingerprint density at radius 1 is 1.21 bits per heavy atom. The van der Waals surface area contributed by atoms with Crippen molar-refractivity contribution in [1.82, 2.24) is 4.90 Å². The molecule has 1 fully saturated rings. The summed E-state index contributed by atoms with van der Waals surface area (Å²) in [5, 5.41) is 0. The van der Waals surface area contributed by atoms with Crippen LogP contribution in [0.4, 0.5) is 0 Å². The van der Waals surface area contributed by atoms with Crippen LogP contribution in [0.25, 0.3) is 0 Å². The average molecular weight is 327 g/mol. The number of nitrogens with zero attached hydrogens (tertiary/aromatic N) is 1. The average Bonchev–Trinajstić information content (AvgIpc) is 3.20. The van der Waals surface area contributed by atoms with Crippen LogP contribution in [0.2, 0.25) is 0 Å². The molecular weight excluding hydrogens is 306 g/mol. The van der Waals surface area contributed by atoms with E-state index in [4.69, 9.17) is 13.9 Å². The number of furan rings is 1. The first kappa shape index (κ1) is 15.1. The summed E-state index contributed by atoms with van der Waals surface area (Å²) in [5.41, 5.74) is 1.91. The summed E-state index contributed by atoms with van der Waals surface area (Å²) in [6, 6.07) is 7.81. The molecule has 1 aromatic carbocycles. The molecule has 2 aliphatic rings. The number of hydrogen-bond donors (Lipinski definition) is 0. The molecule has 3 heterocycles. The molecule has 5 nitrogen and oxygen atoms in total. The number of carbonyl (C=O) groups excluding carboxylic acids is 1.